The van der Waals surface area contributed by atoms with Crippen LogP contribution in [0.25, 0.3) is 0 Å². The van der Waals surface area contributed by atoms with Gasteiger partial charge in [0.2, 0.25) is 11.8 Å². The number of carbonyl (C=O) groups excluding carboxylic acids is 1. The highest BCUT2D eigenvalue weighted by atomic mass is 32.1. The molecule has 0 radical (unpaired) electrons. The van der Waals surface area contributed by atoms with Gasteiger partial charge in [-0.3, -0.25) is 4.79 Å². The Balaban J connectivity index is 2.36. The van der Waals surface area contributed by atoms with Crippen LogP contribution in [-0.4, -0.2) is 17.4 Å². The van der Waals surface area contributed by atoms with Gasteiger partial charge in [0.1, 0.15) is 0 Å². The van der Waals surface area contributed by atoms with Crippen molar-refractivity contribution in [2.45, 2.75) is 32.2 Å². The molecule has 0 unspecified atom stereocenters. The summed E-state index contributed by atoms with van der Waals surface area (Å²) in [7, 11) is 0. The van der Waals surface area contributed by atoms with E-state index in [-0.39, 0.29) is 5.78 Å². The number of aliphatic imine (C=N–C) groups is 1. The molecule has 0 aliphatic heterocycles. The van der Waals surface area contributed by atoms with Crippen LogP contribution in [0.5, 0.6) is 0 Å². The lowest BCUT2D eigenvalue weighted by molar-refractivity contribution is -0.691. The van der Waals surface area contributed by atoms with Crippen LogP contribution in [0, 0.1) is 0 Å². The molecule has 0 aliphatic rings. The van der Waals surface area contributed by atoms with Gasteiger partial charge in [-0.2, -0.15) is 4.57 Å². The second-order valence-corrected chi connectivity index (χ2v) is 6.41. The number of Topliss-reactive ketones (excluding diaryl/α,β-unsaturated/α-hetero) is 1. The van der Waals surface area contributed by atoms with Crippen molar-refractivity contribution in [3.05, 3.63) is 78.6 Å². The van der Waals surface area contributed by atoms with Gasteiger partial charge >= 0.3 is 0 Å². The number of nitrogens with zero attached hydrogens (tertiary/aromatic N) is 2. The first-order chi connectivity index (χ1) is 12.1. The zero-order valence-corrected chi connectivity index (χ0v) is 15.6. The van der Waals surface area contributed by atoms with Crippen molar-refractivity contribution in [1.29, 1.82) is 0 Å². The average Bonchev–Trinajstić information content (AvgIpc) is 2.66. The molecule has 0 saturated carbocycles. The number of pyridine rings is 1. The molecule has 1 heterocycles. The van der Waals surface area contributed by atoms with Crippen molar-refractivity contribution >= 4 is 23.5 Å². The number of aromatic nitrogens is 1. The van der Waals surface area contributed by atoms with Gasteiger partial charge < -0.3 is 17.6 Å². The minimum Gasteiger partial charge on any atom is -0.758 e. The van der Waals surface area contributed by atoms with E-state index in [9.17, 15) is 4.79 Å². The fourth-order valence-electron chi connectivity index (χ4n) is 2.57. The van der Waals surface area contributed by atoms with Crippen LogP contribution in [0.15, 0.2) is 72.5 Å². The molecule has 0 bridgehead atoms. The molecule has 1 aromatic carbocycles. The van der Waals surface area contributed by atoms with Crippen LogP contribution in [-0.2, 0) is 12.6 Å². The van der Waals surface area contributed by atoms with Crippen LogP contribution >= 0.6 is 0 Å². The number of hydrogen-bond acceptors (Lipinski definition) is 3. The monoisotopic (exact) mass is 352 g/mol. The third-order valence-electron chi connectivity index (χ3n) is 4.27. The van der Waals surface area contributed by atoms with Crippen molar-refractivity contribution in [2.75, 3.05) is 6.54 Å². The Bertz CT molecular complexity index is 738. The second kappa shape index (κ2) is 9.23. The number of rotatable bonds is 8. The molecule has 0 fully saturated rings. The fourth-order valence-corrected chi connectivity index (χ4v) is 2.87. The largest absolute Gasteiger partial charge is 0.758 e. The topological polar surface area (TPSA) is 33.3 Å². The molecule has 1 aromatic heterocycles. The minimum atomic E-state index is -0.620. The van der Waals surface area contributed by atoms with Crippen molar-refractivity contribution in [3.8, 4) is 0 Å². The van der Waals surface area contributed by atoms with E-state index in [1.54, 1.807) is 10.6 Å². The number of carbonyl (C=O) groups is 1. The molecule has 0 N–H and O–H groups in total. The van der Waals surface area contributed by atoms with Gasteiger partial charge in [-0.15, -0.1) is 6.58 Å². The highest BCUT2D eigenvalue weighted by molar-refractivity contribution is 7.77. The Hall–Kier alpha value is -2.33. The van der Waals surface area contributed by atoms with E-state index in [1.165, 1.54) is 5.56 Å². The smallest absolute Gasteiger partial charge is 0.237 e. The van der Waals surface area contributed by atoms with Crippen molar-refractivity contribution in [3.63, 3.8) is 0 Å². The van der Waals surface area contributed by atoms with Gasteiger partial charge in [-0.05, 0) is 22.9 Å². The van der Waals surface area contributed by atoms with Crippen LogP contribution < -0.4 is 4.57 Å². The lowest BCUT2D eigenvalue weighted by Gasteiger charge is -2.18. The standard InChI is InChI=1S/C21H24N2OS/c1-4-13-22-21(25)19(23-14-7-6-8-15-23)20(24)18-11-9-17(10-12-18)16(3)5-2/h4,6-12,14-16,19H,1,5,13H2,2-3H3/t16-,19+/m0/s1. The SMILES string of the molecule is C=CCN=C([S-])[C@@H](C(=O)c1ccc([C@@H](C)CC)cc1)[n+]1ccccc1. The van der Waals surface area contributed by atoms with Gasteiger partial charge in [0.15, 0.2) is 12.4 Å². The maximum Gasteiger partial charge on any atom is 0.237 e. The first kappa shape index (κ1) is 19.0. The van der Waals surface area contributed by atoms with E-state index in [0.717, 1.165) is 6.42 Å². The van der Waals surface area contributed by atoms with Gasteiger partial charge in [-0.25, -0.2) is 0 Å². The Kier molecular flexibility index (Phi) is 7.02. The molecule has 2 aromatic rings. The molecular weight excluding hydrogens is 328 g/mol. The van der Waals surface area contributed by atoms with Crippen molar-refractivity contribution in [2.24, 2.45) is 4.99 Å². The Morgan fingerprint density at radius 3 is 2.44 bits per heavy atom. The molecule has 2 rings (SSSR count). The zero-order chi connectivity index (χ0) is 18.2. The van der Waals surface area contributed by atoms with Gasteiger partial charge in [0.05, 0.1) is 6.54 Å². The lowest BCUT2D eigenvalue weighted by atomic mass is 9.95. The summed E-state index contributed by atoms with van der Waals surface area (Å²) in [6.45, 7) is 8.40. The van der Waals surface area contributed by atoms with Crippen LogP contribution in [0.2, 0.25) is 0 Å². The third-order valence-corrected chi connectivity index (χ3v) is 4.62. The highest BCUT2D eigenvalue weighted by Gasteiger charge is 2.28. The van der Waals surface area contributed by atoms with E-state index in [0.29, 0.717) is 23.1 Å². The van der Waals surface area contributed by atoms with Gasteiger partial charge in [0.25, 0.3) is 0 Å². The summed E-state index contributed by atoms with van der Waals surface area (Å²) >= 11 is 5.43. The summed E-state index contributed by atoms with van der Waals surface area (Å²) < 4.78 is 1.81. The summed E-state index contributed by atoms with van der Waals surface area (Å²) in [5.41, 5.74) is 1.88. The quantitative estimate of drug-likeness (QED) is 0.179. The van der Waals surface area contributed by atoms with E-state index >= 15 is 0 Å². The molecule has 0 saturated heterocycles. The summed E-state index contributed by atoms with van der Waals surface area (Å²) in [6.07, 6.45) is 6.42. The van der Waals surface area contributed by atoms with Crippen molar-refractivity contribution < 1.29 is 9.36 Å². The average molecular weight is 353 g/mol. The number of hydrogen-bond donors (Lipinski definition) is 0. The summed E-state index contributed by atoms with van der Waals surface area (Å²) in [5, 5.41) is 0.368. The molecule has 0 aliphatic carbocycles. The Labute approximate surface area is 155 Å². The number of ketones is 1. The zero-order valence-electron chi connectivity index (χ0n) is 14.8. The number of benzene rings is 1. The van der Waals surface area contributed by atoms with Crippen LogP contribution in [0.3, 0.4) is 0 Å². The van der Waals surface area contributed by atoms with E-state index in [1.807, 2.05) is 54.9 Å². The third kappa shape index (κ3) is 4.83. The molecule has 0 amide bonds. The predicted octanol–water partition coefficient (Wildman–Crippen LogP) is 4.04. The van der Waals surface area contributed by atoms with E-state index < -0.39 is 6.04 Å². The molecule has 0 spiro atoms. The highest BCUT2D eigenvalue weighted by Crippen LogP contribution is 2.20. The van der Waals surface area contributed by atoms with Crippen molar-refractivity contribution in [1.82, 2.24) is 0 Å². The van der Waals surface area contributed by atoms with Crippen LogP contribution in [0.4, 0.5) is 0 Å². The minimum absolute atomic E-state index is 0.0512. The Morgan fingerprint density at radius 1 is 1.24 bits per heavy atom. The maximum absolute atomic E-state index is 13.1. The van der Waals surface area contributed by atoms with Gasteiger partial charge in [0, 0.05) is 17.7 Å². The van der Waals surface area contributed by atoms with E-state index in [2.05, 4.69) is 25.4 Å². The Morgan fingerprint density at radius 2 is 1.88 bits per heavy atom. The molecule has 25 heavy (non-hydrogen) atoms. The lowest BCUT2D eigenvalue weighted by Crippen LogP contribution is -2.47. The molecular formula is C21H24N2OS. The molecule has 4 heteroatoms. The fraction of sp³-hybridized carbons (Fsp3) is 0.286. The van der Waals surface area contributed by atoms with E-state index in [4.69, 9.17) is 12.6 Å². The molecule has 3 nitrogen and oxygen atoms in total. The summed E-state index contributed by atoms with van der Waals surface area (Å²) in [4.78, 5) is 17.4. The molecule has 130 valence electrons. The molecule has 2 atom stereocenters. The predicted molar refractivity (Wildman–Crippen MR) is 105 cm³/mol. The van der Waals surface area contributed by atoms with Gasteiger partial charge in [-0.1, -0.05) is 50.3 Å². The maximum atomic E-state index is 13.1. The normalized spacial score (nSPS) is 13.9. The summed E-state index contributed by atoms with van der Waals surface area (Å²) in [5.74, 6) is 0.428. The first-order valence-electron chi connectivity index (χ1n) is 8.50. The second-order valence-electron chi connectivity index (χ2n) is 5.99. The summed E-state index contributed by atoms with van der Waals surface area (Å²) in [6, 6.07) is 12.9. The first-order valence-corrected chi connectivity index (χ1v) is 8.91. The van der Waals surface area contributed by atoms with Crippen LogP contribution in [0.1, 0.15) is 48.1 Å².